The van der Waals surface area contributed by atoms with E-state index in [1.165, 1.54) is 63.4 Å². The van der Waals surface area contributed by atoms with Gasteiger partial charge < -0.3 is 0 Å². The lowest BCUT2D eigenvalue weighted by Gasteiger charge is -2.33. The van der Waals surface area contributed by atoms with Gasteiger partial charge in [0.25, 0.3) is 0 Å². The van der Waals surface area contributed by atoms with E-state index in [9.17, 15) is 4.39 Å². The van der Waals surface area contributed by atoms with Crippen LogP contribution >= 0.6 is 0 Å². The number of hydrogen-bond donors (Lipinski definition) is 0. The van der Waals surface area contributed by atoms with Crippen LogP contribution in [0, 0.1) is 36.4 Å². The van der Waals surface area contributed by atoms with Gasteiger partial charge in [0.1, 0.15) is 5.82 Å². The molecule has 0 unspecified atom stereocenters. The van der Waals surface area contributed by atoms with Crippen molar-refractivity contribution in [3.63, 3.8) is 0 Å². The Kier molecular flexibility index (Phi) is 5.77. The van der Waals surface area contributed by atoms with Gasteiger partial charge in [-0.15, -0.1) is 0 Å². The maximum atomic E-state index is 13.7. The van der Waals surface area contributed by atoms with Crippen LogP contribution in [0.5, 0.6) is 0 Å². The Hall–Kier alpha value is -0.850. The molecule has 0 aliphatic heterocycles. The molecule has 2 aliphatic carbocycles. The van der Waals surface area contributed by atoms with Crippen LogP contribution < -0.4 is 0 Å². The van der Waals surface area contributed by atoms with Gasteiger partial charge in [0.05, 0.1) is 0 Å². The molecule has 0 amide bonds. The number of benzene rings is 1. The Morgan fingerprint density at radius 1 is 0.870 bits per heavy atom. The van der Waals surface area contributed by atoms with Crippen molar-refractivity contribution >= 4 is 0 Å². The molecule has 2 fully saturated rings. The molecule has 0 bridgehead atoms. The van der Waals surface area contributed by atoms with Crippen molar-refractivity contribution in [2.75, 3.05) is 0 Å². The maximum Gasteiger partial charge on any atom is 0.126 e. The van der Waals surface area contributed by atoms with E-state index in [0.29, 0.717) is 0 Å². The largest absolute Gasteiger partial charge is 0.207 e. The van der Waals surface area contributed by atoms with Gasteiger partial charge >= 0.3 is 0 Å². The van der Waals surface area contributed by atoms with Gasteiger partial charge in [-0.05, 0) is 73.5 Å². The summed E-state index contributed by atoms with van der Waals surface area (Å²) in [6, 6.07) is 5.80. The van der Waals surface area contributed by atoms with Crippen molar-refractivity contribution in [2.45, 2.75) is 78.1 Å². The highest BCUT2D eigenvalue weighted by Crippen LogP contribution is 2.39. The zero-order chi connectivity index (χ0) is 16.2. The van der Waals surface area contributed by atoms with Crippen molar-refractivity contribution in [3.8, 4) is 0 Å². The van der Waals surface area contributed by atoms with E-state index < -0.39 is 0 Å². The molecule has 0 aromatic heterocycles. The van der Waals surface area contributed by atoms with Crippen LogP contribution in [0.1, 0.15) is 75.8 Å². The van der Waals surface area contributed by atoms with Crippen molar-refractivity contribution in [1.82, 2.24) is 0 Å². The Morgan fingerprint density at radius 3 is 2.04 bits per heavy atom. The van der Waals surface area contributed by atoms with E-state index in [1.807, 2.05) is 13.0 Å². The summed E-state index contributed by atoms with van der Waals surface area (Å²) in [6.07, 6.45) is 13.9. The molecule has 0 heterocycles. The van der Waals surface area contributed by atoms with E-state index in [-0.39, 0.29) is 5.82 Å². The first-order valence-electron chi connectivity index (χ1n) is 9.85. The Morgan fingerprint density at radius 2 is 1.43 bits per heavy atom. The van der Waals surface area contributed by atoms with Crippen molar-refractivity contribution < 1.29 is 4.39 Å². The Bertz CT molecular complexity index is 491. The van der Waals surface area contributed by atoms with E-state index in [4.69, 9.17) is 0 Å². The predicted molar refractivity (Wildman–Crippen MR) is 96.0 cm³/mol. The number of aryl methyl sites for hydroxylation is 1. The van der Waals surface area contributed by atoms with E-state index in [1.54, 1.807) is 6.07 Å². The third kappa shape index (κ3) is 4.81. The fourth-order valence-electron chi connectivity index (χ4n) is 4.80. The molecule has 0 radical (unpaired) electrons. The second-order valence-electron chi connectivity index (χ2n) is 8.54. The van der Waals surface area contributed by atoms with Gasteiger partial charge in [-0.2, -0.15) is 0 Å². The van der Waals surface area contributed by atoms with Crippen molar-refractivity contribution in [1.29, 1.82) is 0 Å². The third-order valence-electron chi connectivity index (χ3n) is 6.53. The Labute approximate surface area is 141 Å². The fraction of sp³-hybridized carbons (Fsp3) is 0.727. The van der Waals surface area contributed by atoms with Gasteiger partial charge in [-0.3, -0.25) is 0 Å². The molecule has 0 nitrogen and oxygen atoms in total. The first-order chi connectivity index (χ1) is 11.1. The summed E-state index contributed by atoms with van der Waals surface area (Å²) in [5.41, 5.74) is 1.96. The van der Waals surface area contributed by atoms with Crippen LogP contribution in [0.2, 0.25) is 0 Å². The number of halogens is 1. The van der Waals surface area contributed by atoms with Crippen LogP contribution in [-0.4, -0.2) is 0 Å². The predicted octanol–water partition coefficient (Wildman–Crippen LogP) is 6.70. The monoisotopic (exact) mass is 316 g/mol. The van der Waals surface area contributed by atoms with E-state index in [2.05, 4.69) is 13.0 Å². The highest BCUT2D eigenvalue weighted by Gasteiger charge is 2.26. The standard InChI is InChI=1S/C22H33F/c1-16-3-6-18(7-4-16)13-19-9-11-20(12-10-19)14-21-8-5-17(2)22(23)15-21/h5,8,15-16,18-20H,3-4,6-7,9-14H2,1-2H3. The molecule has 2 aliphatic rings. The highest BCUT2D eigenvalue weighted by atomic mass is 19.1. The minimum atomic E-state index is -0.0392. The quantitative estimate of drug-likeness (QED) is 0.580. The molecule has 3 rings (SSSR count). The van der Waals surface area contributed by atoms with E-state index >= 15 is 0 Å². The topological polar surface area (TPSA) is 0 Å². The SMILES string of the molecule is Cc1ccc(CC2CCC(CC3CCC(C)CC3)CC2)cc1F. The number of rotatable bonds is 4. The lowest BCUT2D eigenvalue weighted by molar-refractivity contribution is 0.195. The second kappa shape index (κ2) is 7.81. The average Bonchev–Trinajstić information content (AvgIpc) is 2.55. The molecule has 0 atom stereocenters. The summed E-state index contributed by atoms with van der Waals surface area (Å²) < 4.78 is 13.7. The van der Waals surface area contributed by atoms with Gasteiger partial charge in [0, 0.05) is 0 Å². The van der Waals surface area contributed by atoms with Crippen molar-refractivity contribution in [3.05, 3.63) is 35.1 Å². The third-order valence-corrected chi connectivity index (χ3v) is 6.53. The second-order valence-corrected chi connectivity index (χ2v) is 8.54. The molecular weight excluding hydrogens is 283 g/mol. The molecule has 0 N–H and O–H groups in total. The number of hydrogen-bond acceptors (Lipinski definition) is 0. The van der Waals surface area contributed by atoms with Crippen LogP contribution in [0.3, 0.4) is 0 Å². The van der Waals surface area contributed by atoms with Crippen LogP contribution in [0.4, 0.5) is 4.39 Å². The maximum absolute atomic E-state index is 13.7. The molecule has 2 saturated carbocycles. The first kappa shape index (κ1) is 17.0. The summed E-state index contributed by atoms with van der Waals surface area (Å²) in [5, 5.41) is 0. The fourth-order valence-corrected chi connectivity index (χ4v) is 4.80. The van der Waals surface area contributed by atoms with Gasteiger partial charge in [-0.25, -0.2) is 4.39 Å². The molecule has 23 heavy (non-hydrogen) atoms. The molecule has 0 spiro atoms. The van der Waals surface area contributed by atoms with Crippen LogP contribution in [0.15, 0.2) is 18.2 Å². The lowest BCUT2D eigenvalue weighted by atomic mass is 9.72. The van der Waals surface area contributed by atoms with Gasteiger partial charge in [0.2, 0.25) is 0 Å². The molecule has 1 aromatic rings. The van der Waals surface area contributed by atoms with Gasteiger partial charge in [-0.1, -0.05) is 57.6 Å². The van der Waals surface area contributed by atoms with Crippen LogP contribution in [0.25, 0.3) is 0 Å². The normalized spacial score (nSPS) is 32.0. The molecule has 0 saturated heterocycles. The Balaban J connectivity index is 1.42. The minimum Gasteiger partial charge on any atom is -0.207 e. The smallest absolute Gasteiger partial charge is 0.126 e. The van der Waals surface area contributed by atoms with Crippen LogP contribution in [-0.2, 0) is 6.42 Å². The minimum absolute atomic E-state index is 0.0392. The van der Waals surface area contributed by atoms with Crippen molar-refractivity contribution in [2.24, 2.45) is 23.7 Å². The zero-order valence-electron chi connectivity index (χ0n) is 15.0. The average molecular weight is 317 g/mol. The zero-order valence-corrected chi connectivity index (χ0v) is 15.0. The van der Waals surface area contributed by atoms with E-state index in [0.717, 1.165) is 35.7 Å². The summed E-state index contributed by atoms with van der Waals surface area (Å²) in [4.78, 5) is 0. The summed E-state index contributed by atoms with van der Waals surface area (Å²) >= 11 is 0. The molecular formula is C22H33F. The lowest BCUT2D eigenvalue weighted by Crippen LogP contribution is -2.21. The summed E-state index contributed by atoms with van der Waals surface area (Å²) in [7, 11) is 0. The van der Waals surface area contributed by atoms with Gasteiger partial charge in [0.15, 0.2) is 0 Å². The molecule has 1 aromatic carbocycles. The summed E-state index contributed by atoms with van der Waals surface area (Å²) in [5.74, 6) is 3.69. The molecule has 128 valence electrons. The first-order valence-corrected chi connectivity index (χ1v) is 9.85. The highest BCUT2D eigenvalue weighted by molar-refractivity contribution is 5.23. The molecule has 1 heteroatoms. The summed E-state index contributed by atoms with van der Waals surface area (Å²) in [6.45, 7) is 4.26.